The zero-order valence-electron chi connectivity index (χ0n) is 15.0. The number of ether oxygens (including phenoxy) is 1. The van der Waals surface area contributed by atoms with Gasteiger partial charge in [-0.05, 0) is 46.5 Å². The van der Waals surface area contributed by atoms with Crippen LogP contribution in [0.1, 0.15) is 0 Å². The first kappa shape index (κ1) is 16.1. The summed E-state index contributed by atoms with van der Waals surface area (Å²) < 4.78 is 8.14. The van der Waals surface area contributed by atoms with Crippen LogP contribution in [0.5, 0.6) is 5.75 Å². The topological polar surface area (TPSA) is 9.23 Å². The van der Waals surface area contributed by atoms with Crippen molar-refractivity contribution in [2.24, 2.45) is 0 Å². The zero-order chi connectivity index (χ0) is 18.2. The largest absolute Gasteiger partial charge is 0.497 e. The lowest BCUT2D eigenvalue weighted by Gasteiger charge is -2.12. The molecule has 27 heavy (non-hydrogen) atoms. The molecule has 0 atom stereocenters. The van der Waals surface area contributed by atoms with Crippen LogP contribution in [0, 0.1) is 0 Å². The second kappa shape index (κ2) is 6.57. The highest BCUT2D eigenvalue weighted by molar-refractivity contribution is 7.25. The molecule has 0 spiro atoms. The van der Waals surface area contributed by atoms with E-state index in [-0.39, 0.29) is 0 Å². The summed E-state index contributed by atoms with van der Waals surface area (Å²) in [7, 11) is 1.72. The summed E-state index contributed by atoms with van der Waals surface area (Å²) in [5.41, 5.74) is 4.84. The lowest BCUT2D eigenvalue weighted by atomic mass is 9.94. The fraction of sp³-hybridized carbons (Fsp3) is 0.0400. The second-order valence-electron chi connectivity index (χ2n) is 6.59. The molecule has 130 valence electrons. The summed E-state index contributed by atoms with van der Waals surface area (Å²) in [6, 6.07) is 32.2. The maximum atomic E-state index is 5.48. The van der Waals surface area contributed by atoms with Crippen molar-refractivity contribution in [3.05, 3.63) is 91.0 Å². The molecule has 1 heterocycles. The molecule has 0 amide bonds. The van der Waals surface area contributed by atoms with Crippen LogP contribution in [0.15, 0.2) is 91.0 Å². The molecular formula is C25H18OS. The number of thiophene rings is 1. The molecular weight excluding hydrogens is 348 g/mol. The second-order valence-corrected chi connectivity index (χ2v) is 7.67. The Kier molecular flexibility index (Phi) is 3.92. The highest BCUT2D eigenvalue weighted by Gasteiger charge is 2.11. The molecule has 5 rings (SSSR count). The number of hydrogen-bond donors (Lipinski definition) is 0. The zero-order valence-corrected chi connectivity index (χ0v) is 15.8. The highest BCUT2D eigenvalue weighted by Crippen LogP contribution is 2.39. The van der Waals surface area contributed by atoms with Crippen molar-refractivity contribution in [3.63, 3.8) is 0 Å². The Morgan fingerprint density at radius 1 is 0.593 bits per heavy atom. The van der Waals surface area contributed by atoms with Crippen LogP contribution >= 0.6 is 11.3 Å². The minimum absolute atomic E-state index is 0.876. The summed E-state index contributed by atoms with van der Waals surface area (Å²) >= 11 is 1.86. The quantitative estimate of drug-likeness (QED) is 0.323. The first-order valence-electron chi connectivity index (χ1n) is 8.98. The lowest BCUT2D eigenvalue weighted by Crippen LogP contribution is -1.88. The van der Waals surface area contributed by atoms with Crippen LogP contribution in [-0.2, 0) is 0 Å². The summed E-state index contributed by atoms with van der Waals surface area (Å²) in [5, 5.41) is 2.66. The molecule has 1 aromatic heterocycles. The van der Waals surface area contributed by atoms with Crippen molar-refractivity contribution in [3.8, 4) is 28.0 Å². The summed E-state index contributed by atoms with van der Waals surface area (Å²) in [5.74, 6) is 0.876. The summed E-state index contributed by atoms with van der Waals surface area (Å²) in [4.78, 5) is 0. The van der Waals surface area contributed by atoms with Gasteiger partial charge in [0.1, 0.15) is 5.75 Å². The van der Waals surface area contributed by atoms with E-state index in [1.54, 1.807) is 7.11 Å². The van der Waals surface area contributed by atoms with E-state index in [0.717, 1.165) is 5.75 Å². The van der Waals surface area contributed by atoms with Crippen LogP contribution < -0.4 is 4.74 Å². The van der Waals surface area contributed by atoms with Crippen LogP contribution in [0.25, 0.3) is 42.4 Å². The van der Waals surface area contributed by atoms with Crippen molar-refractivity contribution < 1.29 is 4.74 Å². The van der Waals surface area contributed by atoms with Gasteiger partial charge >= 0.3 is 0 Å². The van der Waals surface area contributed by atoms with E-state index >= 15 is 0 Å². The van der Waals surface area contributed by atoms with Crippen molar-refractivity contribution >= 4 is 31.5 Å². The van der Waals surface area contributed by atoms with E-state index in [9.17, 15) is 0 Å². The Morgan fingerprint density at radius 3 is 2.22 bits per heavy atom. The van der Waals surface area contributed by atoms with Crippen LogP contribution in [0.3, 0.4) is 0 Å². The van der Waals surface area contributed by atoms with Gasteiger partial charge in [0.15, 0.2) is 0 Å². The third-order valence-electron chi connectivity index (χ3n) is 5.00. The Bertz CT molecular complexity index is 1250. The van der Waals surface area contributed by atoms with Gasteiger partial charge < -0.3 is 4.74 Å². The van der Waals surface area contributed by atoms with Gasteiger partial charge in [0.2, 0.25) is 0 Å². The molecule has 4 aromatic carbocycles. The third-order valence-corrected chi connectivity index (χ3v) is 6.13. The Hall–Kier alpha value is -3.10. The van der Waals surface area contributed by atoms with Gasteiger partial charge in [-0.1, -0.05) is 66.7 Å². The van der Waals surface area contributed by atoms with Crippen molar-refractivity contribution in [1.82, 2.24) is 0 Å². The third kappa shape index (κ3) is 2.79. The molecule has 0 saturated carbocycles. The van der Waals surface area contributed by atoms with Gasteiger partial charge in [0, 0.05) is 20.2 Å². The normalized spacial score (nSPS) is 11.1. The van der Waals surface area contributed by atoms with Gasteiger partial charge in [-0.3, -0.25) is 0 Å². The fourth-order valence-corrected chi connectivity index (χ4v) is 4.80. The van der Waals surface area contributed by atoms with E-state index in [1.807, 2.05) is 23.5 Å². The van der Waals surface area contributed by atoms with Gasteiger partial charge in [-0.2, -0.15) is 0 Å². The van der Waals surface area contributed by atoms with E-state index in [4.69, 9.17) is 4.74 Å². The first-order chi connectivity index (χ1) is 13.3. The first-order valence-corrected chi connectivity index (χ1v) is 9.80. The molecule has 0 bridgehead atoms. The van der Waals surface area contributed by atoms with Crippen molar-refractivity contribution in [2.75, 3.05) is 7.11 Å². The molecule has 0 aliphatic rings. The fourth-order valence-electron chi connectivity index (χ4n) is 3.65. The molecule has 0 radical (unpaired) electrons. The van der Waals surface area contributed by atoms with E-state index < -0.39 is 0 Å². The minimum Gasteiger partial charge on any atom is -0.497 e. The maximum absolute atomic E-state index is 5.48. The number of rotatable bonds is 3. The van der Waals surface area contributed by atoms with E-state index in [1.165, 1.54) is 42.4 Å². The summed E-state index contributed by atoms with van der Waals surface area (Å²) in [6.07, 6.45) is 0. The SMILES string of the molecule is COc1ccc(-c2ccc3c(c2)sc2ccccc23)c(-c2ccccc2)c1. The van der Waals surface area contributed by atoms with E-state index in [0.29, 0.717) is 0 Å². The number of fused-ring (bicyclic) bond motifs is 3. The predicted molar refractivity (Wildman–Crippen MR) is 117 cm³/mol. The van der Waals surface area contributed by atoms with Crippen molar-refractivity contribution in [2.45, 2.75) is 0 Å². The van der Waals surface area contributed by atoms with Gasteiger partial charge in [0.25, 0.3) is 0 Å². The molecule has 0 aliphatic heterocycles. The maximum Gasteiger partial charge on any atom is 0.119 e. The Labute approximate surface area is 162 Å². The molecule has 0 fully saturated rings. The Morgan fingerprint density at radius 2 is 1.37 bits per heavy atom. The molecule has 0 N–H and O–H groups in total. The summed E-state index contributed by atoms with van der Waals surface area (Å²) in [6.45, 7) is 0. The van der Waals surface area contributed by atoms with Gasteiger partial charge in [-0.15, -0.1) is 11.3 Å². The number of benzene rings is 4. The number of methoxy groups -OCH3 is 1. The van der Waals surface area contributed by atoms with Crippen molar-refractivity contribution in [1.29, 1.82) is 0 Å². The standard InChI is InChI=1S/C25H18OS/c1-26-19-12-14-20(23(16-19)17-7-3-2-4-8-17)18-11-13-22-21-9-5-6-10-24(21)27-25(22)15-18/h2-16H,1H3. The smallest absolute Gasteiger partial charge is 0.119 e. The molecule has 0 saturated heterocycles. The highest BCUT2D eigenvalue weighted by atomic mass is 32.1. The van der Waals surface area contributed by atoms with Gasteiger partial charge in [-0.25, -0.2) is 0 Å². The molecule has 2 heteroatoms. The van der Waals surface area contributed by atoms with Gasteiger partial charge in [0.05, 0.1) is 7.11 Å². The average Bonchev–Trinajstić information content (AvgIpc) is 3.11. The lowest BCUT2D eigenvalue weighted by molar-refractivity contribution is 0.415. The molecule has 0 unspecified atom stereocenters. The average molecular weight is 366 g/mol. The van der Waals surface area contributed by atoms with Crippen LogP contribution in [0.4, 0.5) is 0 Å². The molecule has 5 aromatic rings. The van der Waals surface area contributed by atoms with E-state index in [2.05, 4.69) is 78.9 Å². The monoisotopic (exact) mass is 366 g/mol. The number of hydrogen-bond acceptors (Lipinski definition) is 2. The molecule has 0 aliphatic carbocycles. The van der Waals surface area contributed by atoms with Crippen LogP contribution in [0.2, 0.25) is 0 Å². The van der Waals surface area contributed by atoms with Crippen LogP contribution in [-0.4, -0.2) is 7.11 Å². The Balaban J connectivity index is 1.73. The predicted octanol–water partition coefficient (Wildman–Crippen LogP) is 7.40. The molecule has 1 nitrogen and oxygen atoms in total. The minimum atomic E-state index is 0.876.